The van der Waals surface area contributed by atoms with E-state index in [1.165, 1.54) is 6.07 Å². The van der Waals surface area contributed by atoms with Gasteiger partial charge in [0.15, 0.2) is 0 Å². The molecule has 2 N–H and O–H groups in total. The molecule has 4 rings (SSSR count). The molecule has 7 heteroatoms. The zero-order valence-corrected chi connectivity index (χ0v) is 16.2. The molecule has 1 spiro atoms. The van der Waals surface area contributed by atoms with Gasteiger partial charge in [0.2, 0.25) is 0 Å². The maximum Gasteiger partial charge on any atom is 0.133 e. The SMILES string of the molecule is N[C@H]1C[C@@H](N2CCC3(CCN(CC=O)CC3)C2)CO[C@@H]1c1cc(F)ccc1F. The summed E-state index contributed by atoms with van der Waals surface area (Å²) in [5.41, 5.74) is 6.87. The normalized spacial score (nSPS) is 31.3. The molecule has 0 saturated carbocycles. The molecule has 154 valence electrons. The van der Waals surface area contributed by atoms with Crippen molar-refractivity contribution in [2.45, 2.75) is 43.9 Å². The van der Waals surface area contributed by atoms with Gasteiger partial charge in [-0.1, -0.05) is 0 Å². The highest BCUT2D eigenvalue weighted by Gasteiger charge is 2.44. The molecule has 1 aromatic rings. The quantitative estimate of drug-likeness (QED) is 0.794. The molecule has 1 aromatic carbocycles. The number of likely N-dealkylation sites (tertiary alicyclic amines) is 2. The van der Waals surface area contributed by atoms with Crippen LogP contribution in [0.5, 0.6) is 0 Å². The lowest BCUT2D eigenvalue weighted by atomic mass is 9.77. The lowest BCUT2D eigenvalue weighted by molar-refractivity contribution is -0.109. The third kappa shape index (κ3) is 3.99. The highest BCUT2D eigenvalue weighted by molar-refractivity contribution is 5.51. The summed E-state index contributed by atoms with van der Waals surface area (Å²) < 4.78 is 33.6. The van der Waals surface area contributed by atoms with Gasteiger partial charge in [0, 0.05) is 24.2 Å². The largest absolute Gasteiger partial charge is 0.370 e. The molecule has 0 bridgehead atoms. The molecule has 3 fully saturated rings. The fraction of sp³-hybridized carbons (Fsp3) is 0.667. The molecule has 0 aliphatic carbocycles. The predicted molar refractivity (Wildman–Crippen MR) is 102 cm³/mol. The van der Waals surface area contributed by atoms with Gasteiger partial charge in [-0.3, -0.25) is 9.80 Å². The topological polar surface area (TPSA) is 58.8 Å². The summed E-state index contributed by atoms with van der Waals surface area (Å²) in [7, 11) is 0. The second-order valence-electron chi connectivity index (χ2n) is 8.66. The summed E-state index contributed by atoms with van der Waals surface area (Å²) in [5, 5.41) is 0. The standard InChI is InChI=1S/C21H29F2N3O2/c22-15-1-2-18(23)17(11-15)20-19(24)12-16(13-28-20)26-8-5-21(14-26)3-6-25(7-4-21)9-10-27/h1-2,10-11,16,19-20H,3-9,12-14,24H2/t16-,19+,20-/m1/s1. The van der Waals surface area contributed by atoms with Crippen LogP contribution >= 0.6 is 0 Å². The minimum Gasteiger partial charge on any atom is -0.370 e. The molecule has 3 atom stereocenters. The Kier molecular flexibility index (Phi) is 5.78. The number of rotatable bonds is 4. The van der Waals surface area contributed by atoms with E-state index >= 15 is 0 Å². The average molecular weight is 393 g/mol. The number of nitrogens with two attached hydrogens (primary N) is 1. The van der Waals surface area contributed by atoms with E-state index in [1.807, 2.05) is 0 Å². The van der Waals surface area contributed by atoms with Crippen molar-refractivity contribution in [1.29, 1.82) is 0 Å². The molecule has 3 heterocycles. The fourth-order valence-electron chi connectivity index (χ4n) is 5.16. The Labute approximate surface area is 164 Å². The number of hydrogen-bond acceptors (Lipinski definition) is 5. The molecule has 0 unspecified atom stereocenters. The summed E-state index contributed by atoms with van der Waals surface area (Å²) in [6.45, 7) is 5.03. The maximum absolute atomic E-state index is 14.1. The Balaban J connectivity index is 1.35. The van der Waals surface area contributed by atoms with Crippen LogP contribution in [-0.4, -0.2) is 67.5 Å². The van der Waals surface area contributed by atoms with Crippen LogP contribution < -0.4 is 5.73 Å². The van der Waals surface area contributed by atoms with Crippen molar-refractivity contribution >= 4 is 6.29 Å². The zero-order valence-electron chi connectivity index (χ0n) is 16.2. The molecule has 3 saturated heterocycles. The van der Waals surface area contributed by atoms with Crippen molar-refractivity contribution in [3.05, 3.63) is 35.4 Å². The fourth-order valence-corrected chi connectivity index (χ4v) is 5.16. The summed E-state index contributed by atoms with van der Waals surface area (Å²) in [6, 6.07) is 3.29. The third-order valence-corrected chi connectivity index (χ3v) is 6.90. The number of ether oxygens (including phenoxy) is 1. The van der Waals surface area contributed by atoms with E-state index < -0.39 is 17.7 Å². The van der Waals surface area contributed by atoms with E-state index in [1.54, 1.807) is 0 Å². The second kappa shape index (κ2) is 8.14. The number of halogens is 2. The molecule has 3 aliphatic heterocycles. The van der Waals surface area contributed by atoms with Gasteiger partial charge in [0.05, 0.1) is 13.2 Å². The van der Waals surface area contributed by atoms with E-state index in [9.17, 15) is 13.6 Å². The van der Waals surface area contributed by atoms with Crippen LogP contribution in [-0.2, 0) is 9.53 Å². The molecule has 28 heavy (non-hydrogen) atoms. The molecule has 0 aromatic heterocycles. The van der Waals surface area contributed by atoms with Gasteiger partial charge in [0.1, 0.15) is 24.0 Å². The van der Waals surface area contributed by atoms with Crippen molar-refractivity contribution in [2.75, 3.05) is 39.3 Å². The lowest BCUT2D eigenvalue weighted by Gasteiger charge is -2.41. The first kappa shape index (κ1) is 19.9. The van der Waals surface area contributed by atoms with Crippen LogP contribution in [0.3, 0.4) is 0 Å². The number of hydrogen-bond donors (Lipinski definition) is 1. The smallest absolute Gasteiger partial charge is 0.133 e. The van der Waals surface area contributed by atoms with Crippen molar-refractivity contribution in [3.8, 4) is 0 Å². The van der Waals surface area contributed by atoms with Gasteiger partial charge in [-0.05, 0) is 68.9 Å². The van der Waals surface area contributed by atoms with Crippen LogP contribution in [0.2, 0.25) is 0 Å². The lowest BCUT2D eigenvalue weighted by Crippen LogP contribution is -2.50. The summed E-state index contributed by atoms with van der Waals surface area (Å²) >= 11 is 0. The Hall–Kier alpha value is -1.41. The van der Waals surface area contributed by atoms with Crippen LogP contribution in [0, 0.1) is 17.0 Å². The van der Waals surface area contributed by atoms with Gasteiger partial charge in [-0.2, -0.15) is 0 Å². The average Bonchev–Trinajstić information content (AvgIpc) is 3.10. The second-order valence-corrected chi connectivity index (χ2v) is 8.66. The first-order chi connectivity index (χ1) is 13.5. The van der Waals surface area contributed by atoms with Gasteiger partial charge >= 0.3 is 0 Å². The van der Waals surface area contributed by atoms with E-state index in [0.29, 0.717) is 25.0 Å². The third-order valence-electron chi connectivity index (χ3n) is 6.90. The van der Waals surface area contributed by atoms with Gasteiger partial charge in [-0.15, -0.1) is 0 Å². The van der Waals surface area contributed by atoms with E-state index in [4.69, 9.17) is 10.5 Å². The summed E-state index contributed by atoms with van der Waals surface area (Å²) in [6.07, 6.45) is 4.50. The Morgan fingerprint density at radius 1 is 1.21 bits per heavy atom. The number of nitrogens with zero attached hydrogens (tertiary/aromatic N) is 2. The Morgan fingerprint density at radius 3 is 2.68 bits per heavy atom. The first-order valence-corrected chi connectivity index (χ1v) is 10.2. The highest BCUT2D eigenvalue weighted by Crippen LogP contribution is 2.42. The number of aldehydes is 1. The van der Waals surface area contributed by atoms with Gasteiger partial charge < -0.3 is 15.3 Å². The molecular weight excluding hydrogens is 364 g/mol. The van der Waals surface area contributed by atoms with Crippen molar-refractivity contribution in [3.63, 3.8) is 0 Å². The number of piperidine rings is 1. The van der Waals surface area contributed by atoms with Crippen LogP contribution in [0.4, 0.5) is 8.78 Å². The molecule has 0 radical (unpaired) electrons. The van der Waals surface area contributed by atoms with E-state index in [2.05, 4.69) is 9.80 Å². The van der Waals surface area contributed by atoms with E-state index in [0.717, 1.165) is 63.9 Å². The molecule has 0 amide bonds. The number of carbonyl (C=O) groups excluding carboxylic acids is 1. The predicted octanol–water partition coefficient (Wildman–Crippen LogP) is 2.11. The van der Waals surface area contributed by atoms with Crippen LogP contribution in [0.25, 0.3) is 0 Å². The maximum atomic E-state index is 14.1. The number of benzene rings is 1. The minimum atomic E-state index is -0.602. The molecule has 5 nitrogen and oxygen atoms in total. The zero-order chi connectivity index (χ0) is 19.7. The van der Waals surface area contributed by atoms with Gasteiger partial charge in [0.25, 0.3) is 0 Å². The van der Waals surface area contributed by atoms with Gasteiger partial charge in [-0.25, -0.2) is 8.78 Å². The Morgan fingerprint density at radius 2 is 1.96 bits per heavy atom. The summed E-state index contributed by atoms with van der Waals surface area (Å²) in [5.74, 6) is -0.945. The Bertz CT molecular complexity index is 709. The van der Waals surface area contributed by atoms with Crippen molar-refractivity contribution in [1.82, 2.24) is 9.80 Å². The van der Waals surface area contributed by atoms with Crippen molar-refractivity contribution < 1.29 is 18.3 Å². The summed E-state index contributed by atoms with van der Waals surface area (Å²) in [4.78, 5) is 15.4. The van der Waals surface area contributed by atoms with Crippen LogP contribution in [0.1, 0.15) is 37.4 Å². The van der Waals surface area contributed by atoms with Crippen molar-refractivity contribution in [2.24, 2.45) is 11.1 Å². The van der Waals surface area contributed by atoms with E-state index in [-0.39, 0.29) is 17.6 Å². The van der Waals surface area contributed by atoms with Crippen LogP contribution in [0.15, 0.2) is 18.2 Å². The monoisotopic (exact) mass is 393 g/mol. The molecular formula is C21H29F2N3O2. The highest BCUT2D eigenvalue weighted by atomic mass is 19.1. The minimum absolute atomic E-state index is 0.214. The first-order valence-electron chi connectivity index (χ1n) is 10.2. The molecule has 3 aliphatic rings. The number of carbonyl (C=O) groups is 1.